The summed E-state index contributed by atoms with van der Waals surface area (Å²) in [5.41, 5.74) is 2.39. The summed E-state index contributed by atoms with van der Waals surface area (Å²) in [4.78, 5) is 0. The maximum absolute atomic E-state index is 7.51. The van der Waals surface area contributed by atoms with Crippen LogP contribution in [0.3, 0.4) is 0 Å². The van der Waals surface area contributed by atoms with Gasteiger partial charge in [-0.1, -0.05) is 78.6 Å². The minimum atomic E-state index is -2.12. The molecule has 0 aromatic rings. The van der Waals surface area contributed by atoms with E-state index >= 15 is 0 Å². The number of hydrogen-bond donors (Lipinski definition) is 0. The predicted molar refractivity (Wildman–Crippen MR) is 132 cm³/mol. The molecule has 0 spiro atoms. The molecule has 0 amide bonds. The zero-order valence-electron chi connectivity index (χ0n) is 20.2. The third-order valence-corrected chi connectivity index (χ3v) is 24.9. The summed E-state index contributed by atoms with van der Waals surface area (Å²) in [6.07, 6.45) is 20.2. The fourth-order valence-electron chi connectivity index (χ4n) is 5.79. The van der Waals surface area contributed by atoms with E-state index in [0.717, 1.165) is 16.6 Å². The normalized spacial score (nSPS) is 36.9. The molecular formula is C24H48O3Si3. The molecule has 3 aliphatic carbocycles. The molecule has 4 rings (SSSR count). The molecule has 1 heterocycles. The summed E-state index contributed by atoms with van der Waals surface area (Å²) in [6.45, 7) is 7.00. The van der Waals surface area contributed by atoms with E-state index in [1.165, 1.54) is 114 Å². The third kappa shape index (κ3) is 5.36. The quantitative estimate of drug-likeness (QED) is 0.178. The van der Waals surface area contributed by atoms with Crippen molar-refractivity contribution in [1.29, 1.82) is 0 Å². The lowest BCUT2D eigenvalue weighted by Crippen LogP contribution is -2.71. The van der Waals surface area contributed by atoms with Crippen LogP contribution in [0.1, 0.15) is 117 Å². The van der Waals surface area contributed by atoms with Gasteiger partial charge in [0.1, 0.15) is 0 Å². The topological polar surface area (TPSA) is 27.7 Å². The van der Waals surface area contributed by atoms with Gasteiger partial charge in [0, 0.05) is 16.6 Å². The summed E-state index contributed by atoms with van der Waals surface area (Å²) in [5, 5.41) is 0. The van der Waals surface area contributed by atoms with Crippen molar-refractivity contribution < 1.29 is 12.3 Å². The molecule has 0 atom stereocenters. The highest BCUT2D eigenvalue weighted by Gasteiger charge is 2.71. The SMILES string of the molecule is CCCCC[Si]1(C2CC2)O[Si](CCCCC)(C2CC2)O[Si](CCCCC)(C2CC2)O1. The van der Waals surface area contributed by atoms with E-state index in [2.05, 4.69) is 20.8 Å². The Morgan fingerprint density at radius 3 is 0.933 bits per heavy atom. The second-order valence-electron chi connectivity index (χ2n) is 10.9. The Morgan fingerprint density at radius 2 is 0.733 bits per heavy atom. The zero-order valence-corrected chi connectivity index (χ0v) is 23.2. The van der Waals surface area contributed by atoms with Crippen molar-refractivity contribution in [3.63, 3.8) is 0 Å². The van der Waals surface area contributed by atoms with Gasteiger partial charge in [-0.3, -0.25) is 0 Å². The van der Waals surface area contributed by atoms with Crippen LogP contribution in [-0.2, 0) is 12.3 Å². The van der Waals surface area contributed by atoms with Crippen molar-refractivity contribution in [2.24, 2.45) is 0 Å². The number of unbranched alkanes of at least 4 members (excludes halogenated alkanes) is 6. The van der Waals surface area contributed by atoms with Gasteiger partial charge in [0.25, 0.3) is 0 Å². The van der Waals surface area contributed by atoms with E-state index in [9.17, 15) is 0 Å². The molecule has 0 radical (unpaired) electrons. The van der Waals surface area contributed by atoms with Gasteiger partial charge in [-0.05, 0) is 56.7 Å². The van der Waals surface area contributed by atoms with Gasteiger partial charge in [0.05, 0.1) is 0 Å². The lowest BCUT2D eigenvalue weighted by molar-refractivity contribution is 0.200. The second-order valence-corrected chi connectivity index (χ2v) is 22.2. The van der Waals surface area contributed by atoms with E-state index in [0.29, 0.717) is 0 Å². The first kappa shape index (κ1) is 23.7. The fraction of sp³-hybridized carbons (Fsp3) is 1.00. The van der Waals surface area contributed by atoms with Crippen molar-refractivity contribution in [3.05, 3.63) is 0 Å². The van der Waals surface area contributed by atoms with Gasteiger partial charge < -0.3 is 12.3 Å². The molecule has 0 unspecified atom stereocenters. The molecule has 0 N–H and O–H groups in total. The van der Waals surface area contributed by atoms with E-state index in [1.807, 2.05) is 0 Å². The minimum Gasteiger partial charge on any atom is -0.415 e. The van der Waals surface area contributed by atoms with Crippen LogP contribution in [0.4, 0.5) is 0 Å². The molecule has 0 bridgehead atoms. The molecule has 174 valence electrons. The summed E-state index contributed by atoms with van der Waals surface area (Å²) in [6, 6.07) is 3.83. The van der Waals surface area contributed by atoms with E-state index in [1.54, 1.807) is 0 Å². The second kappa shape index (κ2) is 10.2. The zero-order chi connectivity index (χ0) is 21.1. The van der Waals surface area contributed by atoms with Crippen LogP contribution in [-0.4, -0.2) is 25.7 Å². The molecular weight excluding hydrogens is 421 g/mol. The number of hydrogen-bond acceptors (Lipinski definition) is 3. The highest BCUT2D eigenvalue weighted by molar-refractivity contribution is 6.96. The maximum Gasteiger partial charge on any atom is 0.323 e. The van der Waals surface area contributed by atoms with Crippen LogP contribution in [0.2, 0.25) is 34.8 Å². The van der Waals surface area contributed by atoms with Crippen LogP contribution < -0.4 is 0 Å². The van der Waals surface area contributed by atoms with E-state index in [-0.39, 0.29) is 0 Å². The molecule has 1 aliphatic heterocycles. The Hall–Kier alpha value is 0.531. The van der Waals surface area contributed by atoms with Crippen molar-refractivity contribution >= 4 is 25.7 Å². The van der Waals surface area contributed by atoms with Gasteiger partial charge in [0.15, 0.2) is 0 Å². The summed E-state index contributed by atoms with van der Waals surface area (Å²) in [5.74, 6) is 0. The fourth-order valence-corrected chi connectivity index (χ4v) is 27.5. The Kier molecular flexibility index (Phi) is 8.06. The average molecular weight is 469 g/mol. The Labute approximate surface area is 189 Å². The van der Waals surface area contributed by atoms with E-state index < -0.39 is 25.7 Å². The molecule has 0 aromatic heterocycles. The first-order chi connectivity index (χ1) is 14.6. The van der Waals surface area contributed by atoms with E-state index in [4.69, 9.17) is 12.3 Å². The predicted octanol–water partition coefficient (Wildman–Crippen LogP) is 8.44. The van der Waals surface area contributed by atoms with Crippen LogP contribution in [0, 0.1) is 0 Å². The summed E-state index contributed by atoms with van der Waals surface area (Å²) in [7, 11) is -6.37. The molecule has 1 saturated heterocycles. The van der Waals surface area contributed by atoms with Gasteiger partial charge >= 0.3 is 25.7 Å². The first-order valence-electron chi connectivity index (χ1n) is 13.7. The van der Waals surface area contributed by atoms with Crippen molar-refractivity contribution in [1.82, 2.24) is 0 Å². The van der Waals surface area contributed by atoms with Gasteiger partial charge in [0.2, 0.25) is 0 Å². The lowest BCUT2D eigenvalue weighted by atomic mass is 10.3. The van der Waals surface area contributed by atoms with Gasteiger partial charge in [-0.15, -0.1) is 0 Å². The number of rotatable bonds is 15. The van der Waals surface area contributed by atoms with Crippen LogP contribution in [0.25, 0.3) is 0 Å². The standard InChI is InChI=1S/C24H48O3Si3/c1-4-7-10-19-28(22-13-14-22)25-29(23-15-16-23,20-11-8-5-2)27-30(26-28,24-17-18-24)21-12-9-6-3/h22-24H,4-21H2,1-3H3. The highest BCUT2D eigenvalue weighted by atomic mass is 28.5. The smallest absolute Gasteiger partial charge is 0.323 e. The van der Waals surface area contributed by atoms with Crippen LogP contribution in [0.5, 0.6) is 0 Å². The molecule has 4 aliphatic rings. The largest absolute Gasteiger partial charge is 0.415 e. The van der Waals surface area contributed by atoms with Crippen molar-refractivity contribution in [2.45, 2.75) is 152 Å². The Bertz CT molecular complexity index is 464. The molecule has 3 nitrogen and oxygen atoms in total. The third-order valence-electron chi connectivity index (χ3n) is 8.02. The summed E-state index contributed by atoms with van der Waals surface area (Å²) >= 11 is 0. The monoisotopic (exact) mass is 468 g/mol. The Balaban J connectivity index is 1.64. The van der Waals surface area contributed by atoms with Crippen molar-refractivity contribution in [3.8, 4) is 0 Å². The highest BCUT2D eigenvalue weighted by Crippen LogP contribution is 2.63. The molecule has 3 saturated carbocycles. The maximum atomic E-state index is 7.51. The minimum absolute atomic E-state index is 0.798. The molecule has 4 fully saturated rings. The van der Waals surface area contributed by atoms with Gasteiger partial charge in [-0.2, -0.15) is 0 Å². The average Bonchev–Trinajstić information content (AvgIpc) is 3.61. The Morgan fingerprint density at radius 1 is 0.467 bits per heavy atom. The van der Waals surface area contributed by atoms with Crippen LogP contribution >= 0.6 is 0 Å². The summed E-state index contributed by atoms with van der Waals surface area (Å²) < 4.78 is 22.5. The van der Waals surface area contributed by atoms with Crippen molar-refractivity contribution in [2.75, 3.05) is 0 Å². The molecule has 30 heavy (non-hydrogen) atoms. The first-order valence-corrected chi connectivity index (χ1v) is 20.0. The molecule has 0 aromatic carbocycles. The molecule has 6 heteroatoms. The lowest BCUT2D eigenvalue weighted by Gasteiger charge is -2.55. The van der Waals surface area contributed by atoms with Gasteiger partial charge in [-0.25, -0.2) is 0 Å². The van der Waals surface area contributed by atoms with Crippen LogP contribution in [0.15, 0.2) is 0 Å².